The van der Waals surface area contributed by atoms with E-state index in [9.17, 15) is 9.59 Å². The summed E-state index contributed by atoms with van der Waals surface area (Å²) in [6.45, 7) is 3.88. The topological polar surface area (TPSA) is 74.4 Å². The minimum Gasteiger partial charge on any atom is -0.376 e. The van der Waals surface area contributed by atoms with Crippen LogP contribution in [0.25, 0.3) is 10.9 Å². The summed E-state index contributed by atoms with van der Waals surface area (Å²) < 4.78 is 5.74. The van der Waals surface area contributed by atoms with E-state index in [1.165, 1.54) is 0 Å². The number of benzene rings is 2. The quantitative estimate of drug-likeness (QED) is 0.656. The van der Waals surface area contributed by atoms with Crippen LogP contribution in [0.2, 0.25) is 0 Å². The highest BCUT2D eigenvalue weighted by molar-refractivity contribution is 5.80. The maximum atomic E-state index is 13.0. The Kier molecular flexibility index (Phi) is 6.14. The number of hydrogen-bond acceptors (Lipinski definition) is 3. The van der Waals surface area contributed by atoms with E-state index < -0.39 is 0 Å². The maximum absolute atomic E-state index is 13.0. The molecule has 0 aliphatic carbocycles. The van der Waals surface area contributed by atoms with Crippen molar-refractivity contribution in [2.75, 3.05) is 13.2 Å². The first-order valence-electron chi connectivity index (χ1n) is 10.4. The van der Waals surface area contributed by atoms with Crippen molar-refractivity contribution < 1.29 is 9.53 Å². The van der Waals surface area contributed by atoms with Crippen LogP contribution in [0.4, 0.5) is 4.79 Å². The van der Waals surface area contributed by atoms with E-state index in [0.29, 0.717) is 18.7 Å². The van der Waals surface area contributed by atoms with Crippen LogP contribution in [-0.2, 0) is 17.8 Å². The number of pyridine rings is 1. The number of aryl methyl sites for hydroxylation is 1. The van der Waals surface area contributed by atoms with Crippen molar-refractivity contribution in [3.05, 3.63) is 81.6 Å². The number of nitrogens with one attached hydrogen (secondary N) is 2. The highest BCUT2D eigenvalue weighted by Crippen LogP contribution is 2.17. The first kappa shape index (κ1) is 20.2. The van der Waals surface area contributed by atoms with Gasteiger partial charge in [0.2, 0.25) is 0 Å². The molecule has 0 bridgehead atoms. The Morgan fingerprint density at radius 1 is 1.20 bits per heavy atom. The molecule has 2 amide bonds. The van der Waals surface area contributed by atoms with Gasteiger partial charge in [-0.3, -0.25) is 4.79 Å². The molecule has 1 aliphatic rings. The molecular weight excluding hydrogens is 378 g/mol. The van der Waals surface area contributed by atoms with E-state index in [1.807, 2.05) is 61.5 Å². The molecule has 1 fully saturated rings. The number of carbonyl (C=O) groups excluding carboxylic acids is 1. The van der Waals surface area contributed by atoms with E-state index >= 15 is 0 Å². The van der Waals surface area contributed by atoms with Crippen LogP contribution in [-0.4, -0.2) is 35.2 Å². The third kappa shape index (κ3) is 4.89. The molecule has 1 atom stereocenters. The fourth-order valence-corrected chi connectivity index (χ4v) is 3.83. The van der Waals surface area contributed by atoms with Crippen molar-refractivity contribution >= 4 is 16.9 Å². The number of ether oxygens (including phenoxy) is 1. The Labute approximate surface area is 175 Å². The van der Waals surface area contributed by atoms with E-state index in [2.05, 4.69) is 10.3 Å². The predicted molar refractivity (Wildman–Crippen MR) is 117 cm³/mol. The van der Waals surface area contributed by atoms with Crippen LogP contribution in [0, 0.1) is 6.92 Å². The standard InChI is InChI=1S/C24H27N3O3/c1-17-9-10-22-19(12-17)13-20(23(28)26-22)15-27(16-21-8-5-11-30-21)24(29)25-14-18-6-3-2-4-7-18/h2-4,6-7,9-10,12-13,21H,5,8,11,14-16H2,1H3,(H,25,29)(H,26,28). The Morgan fingerprint density at radius 3 is 2.80 bits per heavy atom. The molecule has 1 saturated heterocycles. The molecule has 0 radical (unpaired) electrons. The van der Waals surface area contributed by atoms with E-state index in [-0.39, 0.29) is 24.2 Å². The summed E-state index contributed by atoms with van der Waals surface area (Å²) in [4.78, 5) is 30.3. The Morgan fingerprint density at radius 2 is 2.03 bits per heavy atom. The summed E-state index contributed by atoms with van der Waals surface area (Å²) in [5, 5.41) is 3.94. The normalized spacial score (nSPS) is 16.0. The first-order valence-corrected chi connectivity index (χ1v) is 10.4. The second-order valence-corrected chi connectivity index (χ2v) is 7.87. The minimum absolute atomic E-state index is 0.00857. The van der Waals surface area contributed by atoms with Crippen LogP contribution in [0.5, 0.6) is 0 Å². The number of carbonyl (C=O) groups is 1. The van der Waals surface area contributed by atoms with Gasteiger partial charge < -0.3 is 19.9 Å². The summed E-state index contributed by atoms with van der Waals surface area (Å²) in [6.07, 6.45) is 1.93. The van der Waals surface area contributed by atoms with Crippen molar-refractivity contribution in [1.29, 1.82) is 0 Å². The number of rotatable bonds is 6. The zero-order valence-electron chi connectivity index (χ0n) is 17.2. The van der Waals surface area contributed by atoms with Crippen molar-refractivity contribution in [2.45, 2.75) is 39.0 Å². The zero-order valence-corrected chi connectivity index (χ0v) is 17.2. The molecule has 3 aromatic rings. The van der Waals surface area contributed by atoms with Crippen LogP contribution in [0.1, 0.15) is 29.5 Å². The predicted octanol–water partition coefficient (Wildman–Crippen LogP) is 3.73. The molecule has 6 nitrogen and oxygen atoms in total. The van der Waals surface area contributed by atoms with E-state index in [1.54, 1.807) is 4.90 Å². The molecule has 2 N–H and O–H groups in total. The number of nitrogens with zero attached hydrogens (tertiary/aromatic N) is 1. The molecule has 2 heterocycles. The lowest BCUT2D eigenvalue weighted by Gasteiger charge is -2.26. The van der Waals surface area contributed by atoms with Crippen molar-refractivity contribution in [2.24, 2.45) is 0 Å². The fraction of sp³-hybridized carbons (Fsp3) is 0.333. The van der Waals surface area contributed by atoms with Crippen LogP contribution in [0.3, 0.4) is 0 Å². The monoisotopic (exact) mass is 405 g/mol. The average Bonchev–Trinajstić information content (AvgIpc) is 3.26. The Balaban J connectivity index is 1.54. The molecular formula is C24H27N3O3. The number of aromatic amines is 1. The average molecular weight is 405 g/mol. The van der Waals surface area contributed by atoms with E-state index in [0.717, 1.165) is 41.5 Å². The summed E-state index contributed by atoms with van der Waals surface area (Å²) >= 11 is 0. The molecule has 156 valence electrons. The maximum Gasteiger partial charge on any atom is 0.318 e. The Hall–Kier alpha value is -3.12. The summed E-state index contributed by atoms with van der Waals surface area (Å²) in [7, 11) is 0. The molecule has 1 aliphatic heterocycles. The van der Waals surface area contributed by atoms with Gasteiger partial charge in [-0.1, -0.05) is 42.0 Å². The van der Waals surface area contributed by atoms with E-state index in [4.69, 9.17) is 4.74 Å². The number of hydrogen-bond donors (Lipinski definition) is 2. The van der Waals surface area contributed by atoms with Gasteiger partial charge in [0.1, 0.15) is 0 Å². The fourth-order valence-electron chi connectivity index (χ4n) is 3.83. The largest absolute Gasteiger partial charge is 0.376 e. The van der Waals surface area contributed by atoms with Gasteiger partial charge in [0.25, 0.3) is 5.56 Å². The van der Waals surface area contributed by atoms with Gasteiger partial charge in [-0.25, -0.2) is 4.79 Å². The number of urea groups is 1. The number of amides is 2. The molecule has 0 spiro atoms. The van der Waals surface area contributed by atoms with Gasteiger partial charge in [0.05, 0.1) is 12.6 Å². The molecule has 1 aromatic heterocycles. The van der Waals surface area contributed by atoms with Crippen LogP contribution in [0.15, 0.2) is 59.4 Å². The number of fused-ring (bicyclic) bond motifs is 1. The third-order valence-electron chi connectivity index (χ3n) is 5.46. The van der Waals surface area contributed by atoms with Gasteiger partial charge in [-0.2, -0.15) is 0 Å². The highest BCUT2D eigenvalue weighted by Gasteiger charge is 2.23. The van der Waals surface area contributed by atoms with Crippen LogP contribution >= 0.6 is 0 Å². The zero-order chi connectivity index (χ0) is 20.9. The highest BCUT2D eigenvalue weighted by atomic mass is 16.5. The molecule has 1 unspecified atom stereocenters. The van der Waals surface area contributed by atoms with Gasteiger partial charge in [-0.05, 0) is 48.9 Å². The second kappa shape index (κ2) is 9.13. The molecule has 30 heavy (non-hydrogen) atoms. The second-order valence-electron chi connectivity index (χ2n) is 7.87. The molecule has 6 heteroatoms. The molecule has 2 aromatic carbocycles. The van der Waals surface area contributed by atoms with Crippen molar-refractivity contribution in [1.82, 2.24) is 15.2 Å². The van der Waals surface area contributed by atoms with Crippen LogP contribution < -0.4 is 10.9 Å². The third-order valence-corrected chi connectivity index (χ3v) is 5.46. The number of aromatic nitrogens is 1. The SMILES string of the molecule is Cc1ccc2[nH]c(=O)c(CN(CC3CCCO3)C(=O)NCc3ccccc3)cc2c1. The lowest BCUT2D eigenvalue weighted by Crippen LogP contribution is -2.43. The van der Waals surface area contributed by atoms with Crippen molar-refractivity contribution in [3.63, 3.8) is 0 Å². The van der Waals surface area contributed by atoms with Gasteiger partial charge in [-0.15, -0.1) is 0 Å². The Bertz CT molecular complexity index is 1070. The molecule has 0 saturated carbocycles. The van der Waals surface area contributed by atoms with Gasteiger partial charge in [0, 0.05) is 30.8 Å². The summed E-state index contributed by atoms with van der Waals surface area (Å²) in [5.74, 6) is 0. The smallest absolute Gasteiger partial charge is 0.318 e. The van der Waals surface area contributed by atoms with Crippen molar-refractivity contribution in [3.8, 4) is 0 Å². The summed E-state index contributed by atoms with van der Waals surface area (Å²) in [5.41, 5.74) is 3.35. The van der Waals surface area contributed by atoms with Gasteiger partial charge in [0.15, 0.2) is 0 Å². The molecule has 4 rings (SSSR count). The minimum atomic E-state index is -0.196. The first-order chi connectivity index (χ1) is 14.6. The summed E-state index contributed by atoms with van der Waals surface area (Å²) in [6, 6.07) is 17.4. The van der Waals surface area contributed by atoms with Gasteiger partial charge >= 0.3 is 6.03 Å². The lowest BCUT2D eigenvalue weighted by molar-refractivity contribution is 0.0793. The number of H-pyrrole nitrogens is 1. The lowest BCUT2D eigenvalue weighted by atomic mass is 10.1.